The smallest absolute Gasteiger partial charge is 0.409 e. The normalized spacial score (nSPS) is 36.2. The van der Waals surface area contributed by atoms with Crippen molar-refractivity contribution in [2.45, 2.75) is 6.92 Å². The van der Waals surface area contributed by atoms with Gasteiger partial charge in [0.25, 0.3) is 0 Å². The van der Waals surface area contributed by atoms with E-state index in [1.54, 1.807) is 12.1 Å². The zero-order valence-electron chi connectivity index (χ0n) is 9.41. The molecule has 4 rings (SSSR count). The van der Waals surface area contributed by atoms with Crippen molar-refractivity contribution in [3.8, 4) is 0 Å². The van der Waals surface area contributed by atoms with Gasteiger partial charge in [-0.15, -0.1) is 5.46 Å². The van der Waals surface area contributed by atoms with Gasteiger partial charge >= 0.3 is 6.75 Å². The molecule has 3 heterocycles. The van der Waals surface area contributed by atoms with Crippen LogP contribution in [0.1, 0.15) is 6.92 Å². The minimum absolute atomic E-state index is 0.0281. The molecule has 0 radical (unpaired) electrons. The molecule has 3 saturated heterocycles. The van der Waals surface area contributed by atoms with Gasteiger partial charge in [-0.2, -0.15) is 0 Å². The molecule has 92 valence electrons. The Balaban J connectivity index is 1.96. The molecule has 0 atom stereocenters. The number of benzene rings is 1. The summed E-state index contributed by atoms with van der Waals surface area (Å²) in [4.78, 5) is 0. The largest absolute Gasteiger partial charge is 0.540 e. The second-order valence-electron chi connectivity index (χ2n) is 5.06. The lowest BCUT2D eigenvalue weighted by Gasteiger charge is -2.58. The Hall–Kier alpha value is -0.255. The summed E-state index contributed by atoms with van der Waals surface area (Å²) in [6, 6.07) is 5.31. The molecule has 17 heavy (non-hydrogen) atoms. The molecule has 0 N–H and O–H groups in total. The van der Waals surface area contributed by atoms with Crippen molar-refractivity contribution in [2.75, 3.05) is 19.8 Å². The van der Waals surface area contributed by atoms with Crippen LogP contribution in [-0.4, -0.2) is 26.6 Å². The third-order valence-electron chi connectivity index (χ3n) is 3.31. The minimum atomic E-state index is -1.83. The predicted molar refractivity (Wildman–Crippen MR) is 67.8 cm³/mol. The van der Waals surface area contributed by atoms with Crippen LogP contribution in [0.25, 0.3) is 0 Å². The van der Waals surface area contributed by atoms with Gasteiger partial charge < -0.3 is 14.0 Å². The quantitative estimate of drug-likeness (QED) is 0.735. The molecule has 1 aromatic carbocycles. The van der Waals surface area contributed by atoms with E-state index in [2.05, 4.69) is 6.92 Å². The third kappa shape index (κ3) is 1.88. The Bertz CT molecular complexity index is 442. The Morgan fingerprint density at radius 1 is 1.06 bits per heavy atom. The molecular weight excluding hydrogens is 262 g/mol. The van der Waals surface area contributed by atoms with Crippen LogP contribution in [-0.2, 0) is 14.0 Å². The second-order valence-corrected chi connectivity index (χ2v) is 5.87. The molecule has 0 aromatic heterocycles. The maximum atomic E-state index is 6.00. The summed E-state index contributed by atoms with van der Waals surface area (Å²) in [7, 11) is 0. The fraction of sp³-hybridized carbons (Fsp3) is 0.455. The van der Waals surface area contributed by atoms with E-state index in [1.807, 2.05) is 6.07 Å². The summed E-state index contributed by atoms with van der Waals surface area (Å²) in [5.41, 5.74) is 0.779. The summed E-state index contributed by atoms with van der Waals surface area (Å²) in [5.74, 6) is 0. The molecule has 3 nitrogen and oxygen atoms in total. The van der Waals surface area contributed by atoms with Crippen LogP contribution in [0.3, 0.4) is 0 Å². The Labute approximate surface area is 110 Å². The van der Waals surface area contributed by atoms with Gasteiger partial charge in [-0.25, -0.2) is 0 Å². The molecule has 2 bridgehead atoms. The van der Waals surface area contributed by atoms with Crippen molar-refractivity contribution in [1.29, 1.82) is 0 Å². The SMILES string of the molecule is CC12CO[B-](c3ccc(Cl)c(Cl)c3)(OC1)OC2. The van der Waals surface area contributed by atoms with Gasteiger partial charge in [0.15, 0.2) is 0 Å². The van der Waals surface area contributed by atoms with E-state index in [4.69, 9.17) is 37.2 Å². The van der Waals surface area contributed by atoms with Gasteiger partial charge in [0.2, 0.25) is 0 Å². The van der Waals surface area contributed by atoms with Crippen molar-refractivity contribution < 1.29 is 14.0 Å². The molecule has 0 aliphatic carbocycles. The summed E-state index contributed by atoms with van der Waals surface area (Å²) >= 11 is 11.9. The molecule has 0 saturated carbocycles. The van der Waals surface area contributed by atoms with Crippen LogP contribution in [0.15, 0.2) is 18.2 Å². The number of hydrogen-bond acceptors (Lipinski definition) is 3. The van der Waals surface area contributed by atoms with Crippen LogP contribution in [0, 0.1) is 5.41 Å². The molecule has 0 spiro atoms. The Morgan fingerprint density at radius 2 is 1.65 bits per heavy atom. The van der Waals surface area contributed by atoms with E-state index in [9.17, 15) is 0 Å². The molecular formula is C11H12BCl2O3-. The lowest BCUT2D eigenvalue weighted by Crippen LogP contribution is -2.68. The first-order valence-corrected chi connectivity index (χ1v) is 6.29. The number of fused-ring (bicyclic) bond motifs is 3. The topological polar surface area (TPSA) is 27.7 Å². The van der Waals surface area contributed by atoms with E-state index in [1.165, 1.54) is 0 Å². The van der Waals surface area contributed by atoms with Gasteiger partial charge in [-0.05, 0) is 6.07 Å². The summed E-state index contributed by atoms with van der Waals surface area (Å²) in [5, 5.41) is 0.995. The fourth-order valence-electron chi connectivity index (χ4n) is 2.22. The van der Waals surface area contributed by atoms with Gasteiger partial charge in [0, 0.05) is 25.2 Å². The summed E-state index contributed by atoms with van der Waals surface area (Å²) in [6.45, 7) is 2.19. The van der Waals surface area contributed by atoms with Gasteiger partial charge in [-0.3, -0.25) is 0 Å². The van der Waals surface area contributed by atoms with Crippen LogP contribution in [0.2, 0.25) is 10.0 Å². The number of halogens is 2. The number of hydrogen-bond donors (Lipinski definition) is 0. The van der Waals surface area contributed by atoms with Crippen LogP contribution >= 0.6 is 23.2 Å². The highest BCUT2D eigenvalue weighted by Gasteiger charge is 2.46. The van der Waals surface area contributed by atoms with Crippen molar-refractivity contribution >= 4 is 35.4 Å². The van der Waals surface area contributed by atoms with Crippen LogP contribution in [0.4, 0.5) is 0 Å². The molecule has 3 aliphatic rings. The first-order chi connectivity index (χ1) is 8.03. The highest BCUT2D eigenvalue weighted by atomic mass is 35.5. The van der Waals surface area contributed by atoms with E-state index in [0.29, 0.717) is 29.9 Å². The van der Waals surface area contributed by atoms with Crippen molar-refractivity contribution in [2.24, 2.45) is 5.41 Å². The van der Waals surface area contributed by atoms with Gasteiger partial charge in [-0.1, -0.05) is 42.3 Å². The first kappa shape index (κ1) is 11.8. The zero-order chi connectivity index (χ0) is 12.1. The molecule has 3 fully saturated rings. The highest BCUT2D eigenvalue weighted by Crippen LogP contribution is 2.35. The minimum Gasteiger partial charge on any atom is -0.540 e. The van der Waals surface area contributed by atoms with E-state index < -0.39 is 6.75 Å². The second kappa shape index (κ2) is 3.87. The monoisotopic (exact) mass is 273 g/mol. The number of rotatable bonds is 1. The predicted octanol–water partition coefficient (Wildman–Crippen LogP) is 2.22. The summed E-state index contributed by atoms with van der Waals surface area (Å²) < 4.78 is 17.3. The molecule has 0 unspecified atom stereocenters. The fourth-order valence-corrected chi connectivity index (χ4v) is 2.53. The molecule has 0 amide bonds. The average Bonchev–Trinajstić information content (AvgIpc) is 2.34. The lowest BCUT2D eigenvalue weighted by atomic mass is 9.64. The maximum Gasteiger partial charge on any atom is 0.409 e. The van der Waals surface area contributed by atoms with Gasteiger partial charge in [0.1, 0.15) is 0 Å². The molecule has 6 heteroatoms. The van der Waals surface area contributed by atoms with Crippen molar-refractivity contribution in [1.82, 2.24) is 0 Å². The van der Waals surface area contributed by atoms with Crippen molar-refractivity contribution in [3.63, 3.8) is 0 Å². The van der Waals surface area contributed by atoms with E-state index in [0.717, 1.165) is 5.46 Å². The maximum absolute atomic E-state index is 6.00. The van der Waals surface area contributed by atoms with Crippen molar-refractivity contribution in [3.05, 3.63) is 28.2 Å². The first-order valence-electron chi connectivity index (χ1n) is 5.54. The molecule has 3 aliphatic heterocycles. The Kier molecular flexibility index (Phi) is 2.69. The summed E-state index contributed by atoms with van der Waals surface area (Å²) in [6.07, 6.45) is 0. The van der Waals surface area contributed by atoms with Crippen LogP contribution < -0.4 is 5.46 Å². The third-order valence-corrected chi connectivity index (χ3v) is 4.04. The van der Waals surface area contributed by atoms with Crippen LogP contribution in [0.5, 0.6) is 0 Å². The zero-order valence-corrected chi connectivity index (χ0v) is 10.9. The van der Waals surface area contributed by atoms with E-state index >= 15 is 0 Å². The highest BCUT2D eigenvalue weighted by molar-refractivity contribution is 6.76. The van der Waals surface area contributed by atoms with E-state index in [-0.39, 0.29) is 5.41 Å². The average molecular weight is 274 g/mol. The Morgan fingerprint density at radius 3 is 2.18 bits per heavy atom. The standard InChI is InChI=1S/C11H12BCl2O3/c1-11-5-15-12(16-6-11,17-7-11)8-2-3-9(13)10(14)4-8/h2-4H,5-7H2,1H3/q-1. The molecule has 1 aromatic rings. The van der Waals surface area contributed by atoms with Gasteiger partial charge in [0.05, 0.1) is 10.0 Å². The lowest BCUT2D eigenvalue weighted by molar-refractivity contribution is -0.119.